The third-order valence-corrected chi connectivity index (χ3v) is 13.1. The van der Waals surface area contributed by atoms with Crippen LogP contribution in [0.15, 0.2) is 60.7 Å². The Kier molecular flexibility index (Phi) is 23.9. The highest BCUT2D eigenvalue weighted by Crippen LogP contribution is 2.31. The molecule has 0 saturated heterocycles. The van der Waals surface area contributed by atoms with Gasteiger partial charge in [0.05, 0.1) is 18.3 Å². The first kappa shape index (κ1) is 53.8. The van der Waals surface area contributed by atoms with Crippen molar-refractivity contribution < 1.29 is 34.1 Å². The molecule has 3 N–H and O–H groups in total. The summed E-state index contributed by atoms with van der Waals surface area (Å²) in [6, 6.07) is 16.3. The minimum absolute atomic E-state index is 0.0109. The van der Waals surface area contributed by atoms with Crippen LogP contribution in [0, 0.1) is 23.6 Å². The predicted octanol–water partition coefficient (Wildman–Crippen LogP) is 14.8. The average Bonchev–Trinajstić information content (AvgIpc) is 3.24. The van der Waals surface area contributed by atoms with Crippen LogP contribution in [0.2, 0.25) is 0 Å². The van der Waals surface area contributed by atoms with E-state index in [1.54, 1.807) is 19.9 Å². The van der Waals surface area contributed by atoms with E-state index in [1.807, 2.05) is 18.2 Å². The van der Waals surface area contributed by atoms with E-state index in [-0.39, 0.29) is 24.2 Å². The normalized spacial score (nSPS) is 13.4. The van der Waals surface area contributed by atoms with E-state index >= 15 is 4.39 Å². The van der Waals surface area contributed by atoms with Gasteiger partial charge in [-0.25, -0.2) is 4.39 Å². The van der Waals surface area contributed by atoms with Gasteiger partial charge in [0.15, 0.2) is 0 Å². The summed E-state index contributed by atoms with van der Waals surface area (Å²) in [4.78, 5) is 35.5. The lowest BCUT2D eigenvalue weighted by molar-refractivity contribution is -0.142. The lowest BCUT2D eigenvalue weighted by atomic mass is 9.80. The zero-order valence-electron chi connectivity index (χ0n) is 40.5. The molecule has 3 aromatic carbocycles. The van der Waals surface area contributed by atoms with E-state index in [0.717, 1.165) is 143 Å². The van der Waals surface area contributed by atoms with Gasteiger partial charge in [-0.05, 0) is 152 Å². The third-order valence-electron chi connectivity index (χ3n) is 13.1. The molecule has 3 unspecified atom stereocenters. The Balaban J connectivity index is 1.67. The summed E-state index contributed by atoms with van der Waals surface area (Å²) in [5.41, 5.74) is 7.03. The van der Waals surface area contributed by atoms with Crippen LogP contribution in [0.1, 0.15) is 195 Å². The van der Waals surface area contributed by atoms with E-state index in [4.69, 9.17) is 0 Å². The van der Waals surface area contributed by atoms with Crippen molar-refractivity contribution in [2.24, 2.45) is 17.8 Å². The largest absolute Gasteiger partial charge is 0.481 e. The number of aryl methyl sites for hydroxylation is 3. The lowest BCUT2D eigenvalue weighted by Gasteiger charge is -2.25. The highest BCUT2D eigenvalue weighted by Gasteiger charge is 2.30. The average molecular weight is 881 g/mol. The number of hydrogen-bond donors (Lipinski definition) is 3. The molecule has 0 aromatic heterocycles. The Labute approximate surface area is 385 Å². The molecule has 0 radical (unpaired) electrons. The van der Waals surface area contributed by atoms with E-state index in [0.29, 0.717) is 29.7 Å². The first-order valence-electron chi connectivity index (χ1n) is 24.7. The van der Waals surface area contributed by atoms with Crippen molar-refractivity contribution in [3.63, 3.8) is 0 Å². The molecule has 0 fully saturated rings. The van der Waals surface area contributed by atoms with Crippen molar-refractivity contribution in [3.05, 3.63) is 117 Å². The molecular weight excluding hydrogens is 800 g/mol. The zero-order chi connectivity index (χ0) is 47.1. The molecule has 0 aliphatic heterocycles. The number of halogens is 1. The van der Waals surface area contributed by atoms with E-state index < -0.39 is 23.3 Å². The van der Waals surface area contributed by atoms with Crippen LogP contribution in [0.5, 0.6) is 0 Å². The lowest BCUT2D eigenvalue weighted by Crippen LogP contribution is -2.28. The van der Waals surface area contributed by atoms with Crippen LogP contribution in [0.25, 0.3) is 12.2 Å². The summed E-state index contributed by atoms with van der Waals surface area (Å²) in [5, 5.41) is 29.1. The van der Waals surface area contributed by atoms with Crippen molar-refractivity contribution in [1.82, 2.24) is 0 Å². The Morgan fingerprint density at radius 2 is 1.27 bits per heavy atom. The van der Waals surface area contributed by atoms with E-state index in [9.17, 15) is 29.7 Å². The molecule has 7 heteroatoms. The molecule has 3 rings (SSSR count). The second kappa shape index (κ2) is 28.4. The Bertz CT molecular complexity index is 1970. The van der Waals surface area contributed by atoms with Crippen LogP contribution >= 0.6 is 0 Å². The van der Waals surface area contributed by atoms with E-state index in [2.05, 4.69) is 83.2 Å². The molecule has 0 aliphatic rings. The third kappa shape index (κ3) is 18.9. The number of carbonyl (C=O) groups is 3. The number of rotatable bonds is 32. The number of carboxylic acid groups (broad SMARTS) is 3. The maximum Gasteiger partial charge on any atom is 0.313 e. The number of carboxylic acids is 3. The van der Waals surface area contributed by atoms with Crippen LogP contribution in [0.3, 0.4) is 0 Å². The van der Waals surface area contributed by atoms with Crippen molar-refractivity contribution in [1.29, 1.82) is 0 Å². The number of hydrogen-bond acceptors (Lipinski definition) is 3. The standard InChI is InChI=1S/C57H81FO6/c1-8-12-14-17-25-43-30-46(33-47(32-43)39-53(59)60)29-28-42(11-4)23-18-15-19-27-50-35-48(36-51(55(50)58)40-54(61)62)34-49(21-10-3)41(5)22-20-26-45-31-44(24-16-13-9-2)37-52(38-45)57(6,7)56(63)64/h17,25,28-33,35-38,41-42,49H,8-16,18-24,26-27,34,39-40H2,1-7H3,(H,59,60)(H,61,62)(H,63,64)/b25-17+,29-28+. The molecular formula is C57H81FO6. The summed E-state index contributed by atoms with van der Waals surface area (Å²) >= 11 is 0. The number of aliphatic carboxylic acids is 3. The Morgan fingerprint density at radius 1 is 0.625 bits per heavy atom. The summed E-state index contributed by atoms with van der Waals surface area (Å²) < 4.78 is 15.9. The Morgan fingerprint density at radius 3 is 1.89 bits per heavy atom. The van der Waals surface area contributed by atoms with Gasteiger partial charge in [0.25, 0.3) is 0 Å². The first-order valence-corrected chi connectivity index (χ1v) is 24.7. The maximum absolute atomic E-state index is 15.9. The molecule has 352 valence electrons. The second-order valence-corrected chi connectivity index (χ2v) is 19.1. The van der Waals surface area contributed by atoms with Gasteiger partial charge in [-0.15, -0.1) is 0 Å². The van der Waals surface area contributed by atoms with Gasteiger partial charge in [0.2, 0.25) is 0 Å². The molecule has 0 spiro atoms. The van der Waals surface area contributed by atoms with E-state index in [1.165, 1.54) is 11.1 Å². The minimum atomic E-state index is -1.03. The van der Waals surface area contributed by atoms with Crippen LogP contribution in [-0.4, -0.2) is 33.2 Å². The number of benzene rings is 3. The van der Waals surface area contributed by atoms with Gasteiger partial charge < -0.3 is 15.3 Å². The zero-order valence-corrected chi connectivity index (χ0v) is 40.5. The van der Waals surface area contributed by atoms with Gasteiger partial charge in [0.1, 0.15) is 5.82 Å². The molecule has 3 atom stereocenters. The van der Waals surface area contributed by atoms with Crippen molar-refractivity contribution in [2.45, 2.75) is 189 Å². The van der Waals surface area contributed by atoms with Gasteiger partial charge >= 0.3 is 17.9 Å². The number of unbranched alkanes of at least 4 members (excludes halogenated alkanes) is 6. The number of allylic oxidation sites excluding steroid dienone is 2. The quantitative estimate of drug-likeness (QED) is 0.0539. The molecule has 64 heavy (non-hydrogen) atoms. The Hall–Kier alpha value is -4.52. The molecule has 0 bridgehead atoms. The van der Waals surface area contributed by atoms with Crippen LogP contribution < -0.4 is 0 Å². The molecule has 6 nitrogen and oxygen atoms in total. The molecule has 0 amide bonds. The predicted molar refractivity (Wildman–Crippen MR) is 264 cm³/mol. The van der Waals surface area contributed by atoms with Gasteiger partial charge in [-0.3, -0.25) is 14.4 Å². The SMILES string of the molecule is CCCC/C=C/c1cc(/C=C/C(CC)CCCCCc2cc(CC(CCC)C(C)CCCc3cc(CCCCC)cc(C(C)(C)C(=O)O)c3)cc(CC(=O)O)c2F)cc(CC(=O)O)c1. The fourth-order valence-electron chi connectivity index (χ4n) is 8.99. The van der Waals surface area contributed by atoms with Crippen molar-refractivity contribution in [3.8, 4) is 0 Å². The van der Waals surface area contributed by atoms with Gasteiger partial charge in [-0.1, -0.05) is 159 Å². The fourth-order valence-corrected chi connectivity index (χ4v) is 8.99. The highest BCUT2D eigenvalue weighted by molar-refractivity contribution is 5.80. The van der Waals surface area contributed by atoms with Crippen molar-refractivity contribution in [2.75, 3.05) is 0 Å². The topological polar surface area (TPSA) is 112 Å². The summed E-state index contributed by atoms with van der Waals surface area (Å²) in [7, 11) is 0. The monoisotopic (exact) mass is 881 g/mol. The first-order chi connectivity index (χ1) is 30.6. The van der Waals surface area contributed by atoms with Crippen LogP contribution in [-0.2, 0) is 58.3 Å². The minimum Gasteiger partial charge on any atom is -0.481 e. The van der Waals surface area contributed by atoms with Gasteiger partial charge in [0, 0.05) is 0 Å². The fraction of sp³-hybridized carbons (Fsp3) is 0.561. The van der Waals surface area contributed by atoms with Crippen LogP contribution in [0.4, 0.5) is 4.39 Å². The maximum atomic E-state index is 15.9. The molecule has 0 heterocycles. The smallest absolute Gasteiger partial charge is 0.313 e. The summed E-state index contributed by atoms with van der Waals surface area (Å²) in [5.74, 6) is -1.93. The summed E-state index contributed by atoms with van der Waals surface area (Å²) in [6.45, 7) is 14.6. The molecule has 0 aliphatic carbocycles. The molecule has 0 saturated carbocycles. The van der Waals surface area contributed by atoms with Gasteiger partial charge in [-0.2, -0.15) is 0 Å². The summed E-state index contributed by atoms with van der Waals surface area (Å²) in [6.07, 6.45) is 26.9. The second-order valence-electron chi connectivity index (χ2n) is 19.1. The molecule has 3 aromatic rings. The van der Waals surface area contributed by atoms with Crippen molar-refractivity contribution >= 4 is 30.1 Å². The highest BCUT2D eigenvalue weighted by atomic mass is 19.1.